The highest BCUT2D eigenvalue weighted by molar-refractivity contribution is 7.89. The number of carbonyl (C=O) groups is 2. The van der Waals surface area contributed by atoms with Gasteiger partial charge in [-0.1, -0.05) is 35.9 Å². The lowest BCUT2D eigenvalue weighted by Gasteiger charge is -2.28. The van der Waals surface area contributed by atoms with Crippen LogP contribution in [0.15, 0.2) is 47.4 Å². The van der Waals surface area contributed by atoms with Crippen LogP contribution in [0.2, 0.25) is 5.02 Å². The molecule has 0 radical (unpaired) electrons. The number of hydrogen-bond donors (Lipinski definition) is 0. The van der Waals surface area contributed by atoms with Gasteiger partial charge in [-0.3, -0.25) is 0 Å². The van der Waals surface area contributed by atoms with E-state index in [-0.39, 0.29) is 35.1 Å². The Labute approximate surface area is 173 Å². The lowest BCUT2D eigenvalue weighted by Crippen LogP contribution is -2.36. The van der Waals surface area contributed by atoms with Gasteiger partial charge in [-0.15, -0.1) is 0 Å². The SMILES string of the molecule is O=C(OC1CCOC1=O)c1ccc(Cl)c(S(=O)(=O)N2CCc3ccccc3C2)c1. The Balaban J connectivity index is 1.60. The quantitative estimate of drug-likeness (QED) is 0.685. The summed E-state index contributed by atoms with van der Waals surface area (Å²) >= 11 is 6.17. The third kappa shape index (κ3) is 3.88. The molecule has 7 nitrogen and oxygen atoms in total. The summed E-state index contributed by atoms with van der Waals surface area (Å²) in [5.41, 5.74) is 2.06. The zero-order chi connectivity index (χ0) is 20.6. The molecule has 4 rings (SSSR count). The fourth-order valence-electron chi connectivity index (χ4n) is 3.42. The molecule has 29 heavy (non-hydrogen) atoms. The minimum absolute atomic E-state index is 0.00471. The number of halogens is 1. The largest absolute Gasteiger partial charge is 0.463 e. The van der Waals surface area contributed by atoms with Crippen LogP contribution in [0.25, 0.3) is 0 Å². The average molecular weight is 436 g/mol. The van der Waals surface area contributed by atoms with Crippen LogP contribution in [0.4, 0.5) is 0 Å². The van der Waals surface area contributed by atoms with E-state index in [1.807, 2.05) is 24.3 Å². The molecule has 0 aromatic heterocycles. The molecule has 0 aliphatic carbocycles. The molecule has 2 aliphatic rings. The molecule has 2 heterocycles. The van der Waals surface area contributed by atoms with Gasteiger partial charge in [0.2, 0.25) is 16.1 Å². The summed E-state index contributed by atoms with van der Waals surface area (Å²) in [6.45, 7) is 0.739. The second-order valence-electron chi connectivity index (χ2n) is 6.85. The first-order chi connectivity index (χ1) is 13.9. The van der Waals surface area contributed by atoms with Crippen LogP contribution in [0.5, 0.6) is 0 Å². The number of esters is 2. The highest BCUT2D eigenvalue weighted by Gasteiger charge is 2.33. The van der Waals surface area contributed by atoms with Crippen molar-refractivity contribution in [1.82, 2.24) is 4.31 Å². The van der Waals surface area contributed by atoms with E-state index in [0.29, 0.717) is 13.0 Å². The van der Waals surface area contributed by atoms with Crippen molar-refractivity contribution in [3.63, 3.8) is 0 Å². The second kappa shape index (κ2) is 7.78. The molecule has 0 bridgehead atoms. The molecule has 1 fully saturated rings. The van der Waals surface area contributed by atoms with E-state index < -0.39 is 28.1 Å². The molecule has 1 saturated heterocycles. The number of carbonyl (C=O) groups excluding carboxylic acids is 2. The molecule has 9 heteroatoms. The third-order valence-electron chi connectivity index (χ3n) is 5.02. The predicted octanol–water partition coefficient (Wildman–Crippen LogP) is 2.56. The van der Waals surface area contributed by atoms with Crippen LogP contribution in [0, 0.1) is 0 Å². The van der Waals surface area contributed by atoms with Gasteiger partial charge in [0.1, 0.15) is 4.90 Å². The van der Waals surface area contributed by atoms with E-state index in [0.717, 1.165) is 11.1 Å². The molecule has 2 aromatic carbocycles. The zero-order valence-electron chi connectivity index (χ0n) is 15.3. The Kier molecular flexibility index (Phi) is 5.33. The first kappa shape index (κ1) is 19.9. The first-order valence-electron chi connectivity index (χ1n) is 9.10. The van der Waals surface area contributed by atoms with Gasteiger partial charge < -0.3 is 9.47 Å². The summed E-state index contributed by atoms with van der Waals surface area (Å²) < 4.78 is 37.7. The van der Waals surface area contributed by atoms with Crippen molar-refractivity contribution in [3.05, 3.63) is 64.2 Å². The van der Waals surface area contributed by atoms with Crippen molar-refractivity contribution in [2.75, 3.05) is 13.2 Å². The number of fused-ring (bicyclic) bond motifs is 1. The monoisotopic (exact) mass is 435 g/mol. The van der Waals surface area contributed by atoms with Crippen molar-refractivity contribution >= 4 is 33.6 Å². The summed E-state index contributed by atoms with van der Waals surface area (Å²) in [5, 5.41) is 0.0145. The van der Waals surface area contributed by atoms with Gasteiger partial charge in [0, 0.05) is 19.5 Å². The Morgan fingerprint density at radius 1 is 1.17 bits per heavy atom. The van der Waals surface area contributed by atoms with Gasteiger partial charge in [-0.25, -0.2) is 18.0 Å². The van der Waals surface area contributed by atoms with Crippen LogP contribution < -0.4 is 0 Å². The molecule has 0 spiro atoms. The van der Waals surface area contributed by atoms with Gasteiger partial charge in [0.05, 0.1) is 17.2 Å². The number of cyclic esters (lactones) is 1. The maximum absolute atomic E-state index is 13.2. The second-order valence-corrected chi connectivity index (χ2v) is 9.17. The number of hydrogen-bond acceptors (Lipinski definition) is 6. The van der Waals surface area contributed by atoms with E-state index in [9.17, 15) is 18.0 Å². The summed E-state index contributed by atoms with van der Waals surface area (Å²) in [7, 11) is -3.93. The van der Waals surface area contributed by atoms with E-state index in [1.165, 1.54) is 22.5 Å². The Morgan fingerprint density at radius 3 is 2.66 bits per heavy atom. The molecule has 0 N–H and O–H groups in total. The lowest BCUT2D eigenvalue weighted by atomic mass is 10.0. The van der Waals surface area contributed by atoms with Crippen LogP contribution >= 0.6 is 11.6 Å². The summed E-state index contributed by atoms with van der Waals surface area (Å²) in [5.74, 6) is -1.40. The highest BCUT2D eigenvalue weighted by Crippen LogP contribution is 2.30. The molecule has 2 aromatic rings. The molecule has 1 atom stereocenters. The zero-order valence-corrected chi connectivity index (χ0v) is 16.9. The third-order valence-corrected chi connectivity index (χ3v) is 7.34. The fourth-order valence-corrected chi connectivity index (χ4v) is 5.34. The van der Waals surface area contributed by atoms with Crippen molar-refractivity contribution in [3.8, 4) is 0 Å². The van der Waals surface area contributed by atoms with E-state index in [2.05, 4.69) is 0 Å². The lowest BCUT2D eigenvalue weighted by molar-refractivity contribution is -0.145. The normalized spacial score (nSPS) is 19.5. The van der Waals surface area contributed by atoms with Crippen molar-refractivity contribution in [2.45, 2.75) is 30.4 Å². The maximum atomic E-state index is 13.2. The Morgan fingerprint density at radius 2 is 1.93 bits per heavy atom. The molecule has 0 amide bonds. The summed E-state index contributed by atoms with van der Waals surface area (Å²) in [4.78, 5) is 23.7. The number of sulfonamides is 1. The van der Waals surface area contributed by atoms with Gasteiger partial charge in [0.15, 0.2) is 0 Å². The minimum atomic E-state index is -3.93. The summed E-state index contributed by atoms with van der Waals surface area (Å²) in [6.07, 6.45) is -0.105. The van der Waals surface area contributed by atoms with Crippen LogP contribution in [-0.2, 0) is 37.3 Å². The van der Waals surface area contributed by atoms with E-state index >= 15 is 0 Å². The van der Waals surface area contributed by atoms with E-state index in [1.54, 1.807) is 0 Å². The van der Waals surface area contributed by atoms with Gasteiger partial charge in [-0.05, 0) is 35.7 Å². The molecule has 152 valence electrons. The smallest absolute Gasteiger partial charge is 0.347 e. The molecule has 2 aliphatic heterocycles. The number of ether oxygens (including phenoxy) is 2. The molecule has 1 unspecified atom stereocenters. The molecular weight excluding hydrogens is 418 g/mol. The van der Waals surface area contributed by atoms with Crippen LogP contribution in [-0.4, -0.2) is 43.9 Å². The highest BCUT2D eigenvalue weighted by atomic mass is 35.5. The Hall–Kier alpha value is -2.42. The maximum Gasteiger partial charge on any atom is 0.347 e. The number of rotatable bonds is 4. The molecule has 0 saturated carbocycles. The van der Waals surface area contributed by atoms with Crippen molar-refractivity contribution in [2.24, 2.45) is 0 Å². The van der Waals surface area contributed by atoms with Crippen molar-refractivity contribution in [1.29, 1.82) is 0 Å². The average Bonchev–Trinajstić information content (AvgIpc) is 3.12. The predicted molar refractivity (Wildman–Crippen MR) is 104 cm³/mol. The first-order valence-corrected chi connectivity index (χ1v) is 10.9. The van der Waals surface area contributed by atoms with Crippen LogP contribution in [0.3, 0.4) is 0 Å². The van der Waals surface area contributed by atoms with E-state index in [4.69, 9.17) is 21.1 Å². The van der Waals surface area contributed by atoms with Gasteiger partial charge >= 0.3 is 11.9 Å². The minimum Gasteiger partial charge on any atom is -0.463 e. The number of benzene rings is 2. The number of nitrogens with zero attached hydrogens (tertiary/aromatic N) is 1. The van der Waals surface area contributed by atoms with Crippen LogP contribution in [0.1, 0.15) is 27.9 Å². The molecular formula is C20H18ClNO6S. The standard InChI is InChI=1S/C20H18ClNO6S/c21-16-6-5-14(19(23)28-17-8-10-27-20(17)24)11-18(16)29(25,26)22-9-7-13-3-1-2-4-15(13)12-22/h1-6,11,17H,7-10,12H2. The van der Waals surface area contributed by atoms with Crippen molar-refractivity contribution < 1.29 is 27.5 Å². The van der Waals surface area contributed by atoms with Gasteiger partial charge in [-0.2, -0.15) is 4.31 Å². The fraction of sp³-hybridized carbons (Fsp3) is 0.300. The van der Waals surface area contributed by atoms with Gasteiger partial charge in [0.25, 0.3) is 0 Å². The Bertz CT molecular complexity index is 1080. The topological polar surface area (TPSA) is 90.0 Å². The summed E-state index contributed by atoms with van der Waals surface area (Å²) in [6, 6.07) is 11.6.